The highest BCUT2D eigenvalue weighted by atomic mass is 79.9. The van der Waals surface area contributed by atoms with Gasteiger partial charge in [-0.3, -0.25) is 0 Å². The minimum atomic E-state index is -0.587. The predicted molar refractivity (Wildman–Crippen MR) is 119 cm³/mol. The molecule has 1 aromatic heterocycles. The molecule has 0 aliphatic carbocycles. The van der Waals surface area contributed by atoms with E-state index in [0.29, 0.717) is 38.1 Å². The summed E-state index contributed by atoms with van der Waals surface area (Å²) in [5.74, 6) is 0.730. The SMILES string of the molecule is COc1cc2c(=O)oc3cc(OC(=O)c4ccccc4Br)ccc3c2c(OC)c1OC. The van der Waals surface area contributed by atoms with Gasteiger partial charge in [-0.15, -0.1) is 0 Å². The van der Waals surface area contributed by atoms with Crippen molar-refractivity contribution in [1.82, 2.24) is 0 Å². The summed E-state index contributed by atoms with van der Waals surface area (Å²) in [7, 11) is 4.43. The van der Waals surface area contributed by atoms with Crippen LogP contribution in [-0.2, 0) is 0 Å². The second-order valence-electron chi connectivity index (χ2n) is 6.48. The highest BCUT2D eigenvalue weighted by Crippen LogP contribution is 2.45. The van der Waals surface area contributed by atoms with Crippen molar-refractivity contribution in [2.45, 2.75) is 0 Å². The zero-order chi connectivity index (χ0) is 22.1. The number of halogens is 1. The van der Waals surface area contributed by atoms with Crippen LogP contribution in [-0.4, -0.2) is 27.3 Å². The van der Waals surface area contributed by atoms with Crippen molar-refractivity contribution in [2.24, 2.45) is 0 Å². The van der Waals surface area contributed by atoms with Gasteiger partial charge in [0.1, 0.15) is 11.3 Å². The summed E-state index contributed by atoms with van der Waals surface area (Å²) in [5, 5.41) is 1.38. The zero-order valence-corrected chi connectivity index (χ0v) is 18.4. The van der Waals surface area contributed by atoms with E-state index in [1.54, 1.807) is 42.5 Å². The number of rotatable bonds is 5. The number of carbonyl (C=O) groups excluding carboxylic acids is 1. The van der Waals surface area contributed by atoms with E-state index in [0.717, 1.165) is 0 Å². The van der Waals surface area contributed by atoms with Gasteiger partial charge in [0.15, 0.2) is 11.5 Å². The summed E-state index contributed by atoms with van der Waals surface area (Å²) in [4.78, 5) is 25.2. The fourth-order valence-corrected chi connectivity index (χ4v) is 3.83. The van der Waals surface area contributed by atoms with E-state index in [-0.39, 0.29) is 16.7 Å². The molecule has 0 N–H and O–H groups in total. The largest absolute Gasteiger partial charge is 0.493 e. The molecule has 3 aromatic carbocycles. The lowest BCUT2D eigenvalue weighted by Crippen LogP contribution is -2.09. The number of benzene rings is 3. The maximum absolute atomic E-state index is 12.7. The quantitative estimate of drug-likeness (QED) is 0.171. The highest BCUT2D eigenvalue weighted by molar-refractivity contribution is 9.10. The van der Waals surface area contributed by atoms with Gasteiger partial charge in [-0.05, 0) is 46.3 Å². The number of methoxy groups -OCH3 is 3. The maximum atomic E-state index is 12.7. The third-order valence-electron chi connectivity index (χ3n) is 4.78. The second kappa shape index (κ2) is 8.31. The Morgan fingerprint density at radius 2 is 1.65 bits per heavy atom. The van der Waals surface area contributed by atoms with Crippen molar-refractivity contribution in [3.63, 3.8) is 0 Å². The van der Waals surface area contributed by atoms with Crippen LogP contribution in [0.5, 0.6) is 23.0 Å². The summed E-state index contributed by atoms with van der Waals surface area (Å²) >= 11 is 3.33. The Labute approximate surface area is 185 Å². The third kappa shape index (κ3) is 3.59. The number of hydrogen-bond acceptors (Lipinski definition) is 7. The fourth-order valence-electron chi connectivity index (χ4n) is 3.39. The molecule has 0 unspecified atom stereocenters. The van der Waals surface area contributed by atoms with E-state index in [2.05, 4.69) is 15.9 Å². The van der Waals surface area contributed by atoms with Crippen LogP contribution in [0.4, 0.5) is 0 Å². The molecule has 0 atom stereocenters. The minimum absolute atomic E-state index is 0.232. The molecule has 0 aliphatic rings. The van der Waals surface area contributed by atoms with Crippen molar-refractivity contribution in [3.8, 4) is 23.0 Å². The Kier molecular flexibility index (Phi) is 5.56. The van der Waals surface area contributed by atoms with E-state index >= 15 is 0 Å². The third-order valence-corrected chi connectivity index (χ3v) is 5.47. The van der Waals surface area contributed by atoms with Crippen LogP contribution >= 0.6 is 15.9 Å². The van der Waals surface area contributed by atoms with E-state index in [1.165, 1.54) is 27.4 Å². The topological polar surface area (TPSA) is 84.2 Å². The standard InChI is InChI=1S/C23H17BrO7/c1-27-18-11-15-19(21(29-3)20(18)28-2)14-9-8-12(10-17(14)31-23(15)26)30-22(25)13-6-4-5-7-16(13)24/h4-11H,1-3H3. The molecular formula is C23H17BrO7. The maximum Gasteiger partial charge on any atom is 0.344 e. The summed E-state index contributed by atoms with van der Waals surface area (Å²) in [6.45, 7) is 0. The smallest absolute Gasteiger partial charge is 0.344 e. The average molecular weight is 485 g/mol. The molecule has 0 saturated heterocycles. The van der Waals surface area contributed by atoms with Crippen molar-refractivity contribution in [1.29, 1.82) is 0 Å². The van der Waals surface area contributed by atoms with Gasteiger partial charge in [-0.25, -0.2) is 9.59 Å². The fraction of sp³-hybridized carbons (Fsp3) is 0.130. The summed E-state index contributed by atoms with van der Waals surface area (Å²) in [6.07, 6.45) is 0. The number of carbonyl (C=O) groups is 1. The van der Waals surface area contributed by atoms with Crippen molar-refractivity contribution < 1.29 is 28.2 Å². The van der Waals surface area contributed by atoms with E-state index in [9.17, 15) is 9.59 Å². The van der Waals surface area contributed by atoms with E-state index in [1.807, 2.05) is 0 Å². The van der Waals surface area contributed by atoms with E-state index < -0.39 is 11.6 Å². The van der Waals surface area contributed by atoms with Crippen molar-refractivity contribution in [3.05, 3.63) is 69.0 Å². The van der Waals surface area contributed by atoms with Crippen LogP contribution in [0.2, 0.25) is 0 Å². The van der Waals surface area contributed by atoms with Crippen LogP contribution in [0, 0.1) is 0 Å². The molecule has 7 nitrogen and oxygen atoms in total. The summed E-state index contributed by atoms with van der Waals surface area (Å²) in [6, 6.07) is 13.3. The van der Waals surface area contributed by atoms with Crippen molar-refractivity contribution >= 4 is 43.6 Å². The Bertz CT molecular complexity index is 1370. The molecule has 158 valence electrons. The lowest BCUT2D eigenvalue weighted by atomic mass is 10.0. The van der Waals surface area contributed by atoms with Gasteiger partial charge >= 0.3 is 11.6 Å². The van der Waals surface area contributed by atoms with Gasteiger partial charge in [-0.1, -0.05) is 12.1 Å². The van der Waals surface area contributed by atoms with Gasteiger partial charge in [0.05, 0.1) is 32.3 Å². The van der Waals surface area contributed by atoms with Gasteiger partial charge in [0.2, 0.25) is 5.75 Å². The van der Waals surface area contributed by atoms with Crippen molar-refractivity contribution in [2.75, 3.05) is 21.3 Å². The van der Waals surface area contributed by atoms with Crippen LogP contribution in [0.15, 0.2) is 62.2 Å². The number of esters is 1. The Hall–Kier alpha value is -3.52. The van der Waals surface area contributed by atoms with Gasteiger partial charge in [-0.2, -0.15) is 0 Å². The lowest BCUT2D eigenvalue weighted by Gasteiger charge is -2.15. The summed E-state index contributed by atoms with van der Waals surface area (Å²) < 4.78 is 27.9. The average Bonchev–Trinajstić information content (AvgIpc) is 2.77. The molecule has 0 radical (unpaired) electrons. The number of ether oxygens (including phenoxy) is 4. The molecule has 1 heterocycles. The molecular weight excluding hydrogens is 468 g/mol. The second-order valence-corrected chi connectivity index (χ2v) is 7.34. The number of fused-ring (bicyclic) bond motifs is 3. The molecule has 0 bridgehead atoms. The first-order valence-electron chi connectivity index (χ1n) is 9.14. The molecule has 0 fully saturated rings. The molecule has 0 spiro atoms. The first-order chi connectivity index (χ1) is 15.0. The van der Waals surface area contributed by atoms with Gasteiger partial charge in [0.25, 0.3) is 0 Å². The normalized spacial score (nSPS) is 10.8. The summed E-state index contributed by atoms with van der Waals surface area (Å²) in [5.41, 5.74) is 0.0255. The Morgan fingerprint density at radius 1 is 0.903 bits per heavy atom. The molecule has 31 heavy (non-hydrogen) atoms. The van der Waals surface area contributed by atoms with Crippen LogP contribution in [0.3, 0.4) is 0 Å². The molecule has 4 aromatic rings. The minimum Gasteiger partial charge on any atom is -0.493 e. The van der Waals surface area contributed by atoms with Gasteiger partial charge < -0.3 is 23.4 Å². The zero-order valence-electron chi connectivity index (χ0n) is 16.9. The molecule has 0 saturated carbocycles. The molecule has 0 amide bonds. The lowest BCUT2D eigenvalue weighted by molar-refractivity contribution is 0.0734. The monoisotopic (exact) mass is 484 g/mol. The number of hydrogen-bond donors (Lipinski definition) is 0. The van der Waals surface area contributed by atoms with Crippen LogP contribution in [0.1, 0.15) is 10.4 Å². The Balaban J connectivity index is 1.88. The molecule has 4 rings (SSSR count). The first kappa shape index (κ1) is 20.7. The van der Waals surface area contributed by atoms with E-state index in [4.69, 9.17) is 23.4 Å². The highest BCUT2D eigenvalue weighted by Gasteiger charge is 2.21. The Morgan fingerprint density at radius 3 is 2.32 bits per heavy atom. The van der Waals surface area contributed by atoms with Crippen LogP contribution in [0.25, 0.3) is 21.7 Å². The van der Waals surface area contributed by atoms with Crippen LogP contribution < -0.4 is 24.6 Å². The van der Waals surface area contributed by atoms with Gasteiger partial charge in [0, 0.05) is 21.3 Å². The molecule has 0 aliphatic heterocycles. The molecule has 8 heteroatoms. The predicted octanol–water partition coefficient (Wildman–Crippen LogP) is 4.95. The first-order valence-corrected chi connectivity index (χ1v) is 9.94.